The van der Waals surface area contributed by atoms with E-state index in [4.69, 9.17) is 5.26 Å². The highest BCUT2D eigenvalue weighted by Gasteiger charge is 2.35. The Balaban J connectivity index is 1.94. The van der Waals surface area contributed by atoms with Gasteiger partial charge in [0.15, 0.2) is 0 Å². The first kappa shape index (κ1) is 13.0. The number of carbonyl (C=O) groups excluding carboxylic acids is 2. The summed E-state index contributed by atoms with van der Waals surface area (Å²) in [5, 5.41) is 8.97. The Bertz CT molecular complexity index is 770. The number of nitrogens with zero attached hydrogens (tertiary/aromatic N) is 3. The first-order chi connectivity index (χ1) is 10.1. The molecule has 5 heteroatoms. The molecule has 0 spiro atoms. The predicted molar refractivity (Wildman–Crippen MR) is 74.3 cm³/mol. The minimum atomic E-state index is -0.322. The van der Waals surface area contributed by atoms with E-state index in [9.17, 15) is 9.59 Å². The fraction of sp³-hybridized carbons (Fsp3) is 0.125. The molecule has 1 aliphatic rings. The summed E-state index contributed by atoms with van der Waals surface area (Å²) in [4.78, 5) is 30.0. The Morgan fingerprint density at radius 2 is 1.76 bits per heavy atom. The number of amides is 2. The van der Waals surface area contributed by atoms with E-state index in [0.29, 0.717) is 28.1 Å². The van der Waals surface area contributed by atoms with E-state index in [1.165, 1.54) is 0 Å². The number of fused-ring (bicyclic) bond motifs is 1. The van der Waals surface area contributed by atoms with Crippen LogP contribution in [0, 0.1) is 18.3 Å². The van der Waals surface area contributed by atoms with Crippen molar-refractivity contribution in [1.82, 2.24) is 9.88 Å². The van der Waals surface area contributed by atoms with Crippen molar-refractivity contribution in [2.24, 2.45) is 0 Å². The second-order valence-electron chi connectivity index (χ2n) is 4.84. The van der Waals surface area contributed by atoms with Gasteiger partial charge in [0.2, 0.25) is 0 Å². The molecule has 102 valence electrons. The van der Waals surface area contributed by atoms with Gasteiger partial charge in [0, 0.05) is 5.69 Å². The molecule has 3 rings (SSSR count). The van der Waals surface area contributed by atoms with Crippen molar-refractivity contribution in [1.29, 1.82) is 5.26 Å². The Hall–Kier alpha value is -3.00. The highest BCUT2D eigenvalue weighted by Crippen LogP contribution is 2.24. The molecule has 0 N–H and O–H groups in total. The molecule has 1 aromatic carbocycles. The fourth-order valence-electron chi connectivity index (χ4n) is 2.43. The van der Waals surface area contributed by atoms with Gasteiger partial charge in [-0.3, -0.25) is 19.5 Å². The third kappa shape index (κ3) is 2.17. The van der Waals surface area contributed by atoms with Crippen LogP contribution in [-0.2, 0) is 6.54 Å². The first-order valence-corrected chi connectivity index (χ1v) is 6.43. The van der Waals surface area contributed by atoms with Crippen LogP contribution in [0.2, 0.25) is 0 Å². The maximum absolute atomic E-state index is 12.3. The van der Waals surface area contributed by atoms with Crippen molar-refractivity contribution in [3.05, 3.63) is 64.5 Å². The summed E-state index contributed by atoms with van der Waals surface area (Å²) < 4.78 is 0. The molecule has 0 radical (unpaired) electrons. The Morgan fingerprint density at radius 3 is 2.33 bits per heavy atom. The van der Waals surface area contributed by atoms with E-state index in [-0.39, 0.29) is 18.4 Å². The van der Waals surface area contributed by atoms with Crippen LogP contribution in [0.4, 0.5) is 0 Å². The fourth-order valence-corrected chi connectivity index (χ4v) is 2.43. The highest BCUT2D eigenvalue weighted by molar-refractivity contribution is 6.21. The molecular formula is C16H11N3O2. The lowest BCUT2D eigenvalue weighted by Gasteiger charge is -2.13. The zero-order valence-electron chi connectivity index (χ0n) is 11.3. The second kappa shape index (κ2) is 4.84. The molecule has 0 saturated carbocycles. The van der Waals surface area contributed by atoms with Crippen LogP contribution >= 0.6 is 0 Å². The number of aromatic nitrogens is 1. The van der Waals surface area contributed by atoms with Crippen LogP contribution in [0.3, 0.4) is 0 Å². The second-order valence-corrected chi connectivity index (χ2v) is 4.84. The van der Waals surface area contributed by atoms with E-state index in [1.807, 2.05) is 6.07 Å². The van der Waals surface area contributed by atoms with E-state index >= 15 is 0 Å². The minimum absolute atomic E-state index is 0.0721. The standard InChI is InChI=1S/C16H11N3O2/c1-10-6-11(8-17)7-12(18-10)9-19-15(20)13-4-2-3-5-14(13)16(19)21/h2-7H,9H2,1H3. The van der Waals surface area contributed by atoms with Crippen molar-refractivity contribution in [3.63, 3.8) is 0 Å². The molecule has 0 atom stereocenters. The molecule has 0 bridgehead atoms. The zero-order chi connectivity index (χ0) is 15.0. The van der Waals surface area contributed by atoms with Crippen molar-refractivity contribution in [2.45, 2.75) is 13.5 Å². The van der Waals surface area contributed by atoms with Crippen molar-refractivity contribution in [3.8, 4) is 6.07 Å². The van der Waals surface area contributed by atoms with Gasteiger partial charge in [-0.25, -0.2) is 0 Å². The predicted octanol–water partition coefficient (Wildman–Crippen LogP) is 2.06. The number of hydrogen-bond acceptors (Lipinski definition) is 4. The molecule has 0 unspecified atom stereocenters. The molecule has 2 heterocycles. The van der Waals surface area contributed by atoms with Gasteiger partial charge in [0.25, 0.3) is 11.8 Å². The summed E-state index contributed by atoms with van der Waals surface area (Å²) in [6.45, 7) is 1.84. The van der Waals surface area contributed by atoms with Gasteiger partial charge in [0.05, 0.1) is 35.0 Å². The number of carbonyl (C=O) groups is 2. The quantitative estimate of drug-likeness (QED) is 0.787. The number of hydrogen-bond donors (Lipinski definition) is 0. The smallest absolute Gasteiger partial charge is 0.261 e. The molecule has 1 aliphatic heterocycles. The Labute approximate surface area is 121 Å². The van der Waals surface area contributed by atoms with Gasteiger partial charge in [-0.15, -0.1) is 0 Å². The monoisotopic (exact) mass is 277 g/mol. The first-order valence-electron chi connectivity index (χ1n) is 6.43. The maximum Gasteiger partial charge on any atom is 0.261 e. The lowest BCUT2D eigenvalue weighted by molar-refractivity contribution is 0.0640. The van der Waals surface area contributed by atoms with E-state index < -0.39 is 0 Å². The van der Waals surface area contributed by atoms with Crippen molar-refractivity contribution >= 4 is 11.8 Å². The van der Waals surface area contributed by atoms with E-state index in [1.54, 1.807) is 43.3 Å². The highest BCUT2D eigenvalue weighted by atomic mass is 16.2. The third-order valence-electron chi connectivity index (χ3n) is 3.33. The number of pyridine rings is 1. The largest absolute Gasteiger partial charge is 0.269 e. The summed E-state index contributed by atoms with van der Waals surface area (Å²) in [6.07, 6.45) is 0. The summed E-state index contributed by atoms with van der Waals surface area (Å²) in [7, 11) is 0. The normalized spacial score (nSPS) is 13.2. The molecule has 0 aliphatic carbocycles. The summed E-state index contributed by atoms with van der Waals surface area (Å²) in [5.74, 6) is -0.644. The van der Waals surface area contributed by atoms with Gasteiger partial charge >= 0.3 is 0 Å². The van der Waals surface area contributed by atoms with Gasteiger partial charge in [0.1, 0.15) is 0 Å². The van der Waals surface area contributed by atoms with Gasteiger partial charge in [-0.2, -0.15) is 5.26 Å². The molecule has 1 aromatic heterocycles. The van der Waals surface area contributed by atoms with Crippen molar-refractivity contribution in [2.75, 3.05) is 0 Å². The van der Waals surface area contributed by atoms with E-state index in [0.717, 1.165) is 4.90 Å². The Morgan fingerprint density at radius 1 is 1.14 bits per heavy atom. The van der Waals surface area contributed by atoms with E-state index in [2.05, 4.69) is 4.98 Å². The lowest BCUT2D eigenvalue weighted by Crippen LogP contribution is -2.29. The third-order valence-corrected chi connectivity index (χ3v) is 3.33. The molecule has 5 nitrogen and oxygen atoms in total. The topological polar surface area (TPSA) is 74.1 Å². The summed E-state index contributed by atoms with van der Waals surface area (Å²) in [5.41, 5.74) is 2.50. The van der Waals surface area contributed by atoms with Crippen LogP contribution < -0.4 is 0 Å². The number of nitriles is 1. The van der Waals surface area contributed by atoms with Crippen LogP contribution in [-0.4, -0.2) is 21.7 Å². The molecule has 0 saturated heterocycles. The van der Waals surface area contributed by atoms with Crippen LogP contribution in [0.5, 0.6) is 0 Å². The van der Waals surface area contributed by atoms with Gasteiger partial charge in [-0.05, 0) is 31.2 Å². The van der Waals surface area contributed by atoms with Gasteiger partial charge < -0.3 is 0 Å². The number of imide groups is 1. The van der Waals surface area contributed by atoms with Crippen LogP contribution in [0.15, 0.2) is 36.4 Å². The van der Waals surface area contributed by atoms with Gasteiger partial charge in [-0.1, -0.05) is 12.1 Å². The molecule has 2 aromatic rings. The number of rotatable bonds is 2. The summed E-state index contributed by atoms with van der Waals surface area (Å²) in [6, 6.07) is 12.0. The molecule has 2 amide bonds. The van der Waals surface area contributed by atoms with Crippen molar-refractivity contribution < 1.29 is 9.59 Å². The SMILES string of the molecule is Cc1cc(C#N)cc(CN2C(=O)c3ccccc3C2=O)n1. The summed E-state index contributed by atoms with van der Waals surface area (Å²) >= 11 is 0. The Kier molecular flexibility index (Phi) is 2.99. The molecular weight excluding hydrogens is 266 g/mol. The minimum Gasteiger partial charge on any atom is -0.269 e. The molecule has 21 heavy (non-hydrogen) atoms. The maximum atomic E-state index is 12.3. The number of benzene rings is 1. The molecule has 0 fully saturated rings. The average molecular weight is 277 g/mol. The van der Waals surface area contributed by atoms with Crippen LogP contribution in [0.25, 0.3) is 0 Å². The zero-order valence-corrected chi connectivity index (χ0v) is 11.3. The average Bonchev–Trinajstić information content (AvgIpc) is 2.72. The van der Waals surface area contributed by atoms with Crippen LogP contribution in [0.1, 0.15) is 37.7 Å². The lowest BCUT2D eigenvalue weighted by atomic mass is 10.1. The number of aryl methyl sites for hydroxylation is 1.